The number of aryl methyl sites for hydroxylation is 1. The summed E-state index contributed by atoms with van der Waals surface area (Å²) >= 11 is 0. The van der Waals surface area contributed by atoms with Crippen molar-refractivity contribution in [2.45, 2.75) is 20.1 Å². The number of hydrogen-bond acceptors (Lipinski definition) is 7. The molecule has 3 aromatic rings. The van der Waals surface area contributed by atoms with Crippen molar-refractivity contribution in [2.75, 3.05) is 0 Å². The first-order valence-electron chi connectivity index (χ1n) is 7.43. The highest BCUT2D eigenvalue weighted by atomic mass is 16.5. The van der Waals surface area contributed by atoms with Gasteiger partial charge < -0.3 is 14.3 Å². The van der Waals surface area contributed by atoms with Crippen LogP contribution in [0.15, 0.2) is 45.9 Å². The van der Waals surface area contributed by atoms with E-state index in [-0.39, 0.29) is 13.2 Å². The van der Waals surface area contributed by atoms with Gasteiger partial charge in [0, 0.05) is 6.07 Å². The van der Waals surface area contributed by atoms with Gasteiger partial charge in [0.2, 0.25) is 5.43 Å². The minimum absolute atomic E-state index is 0.142. The first-order valence-corrected chi connectivity index (χ1v) is 7.43. The second kappa shape index (κ2) is 7.00. The van der Waals surface area contributed by atoms with Crippen molar-refractivity contribution in [3.05, 3.63) is 69.5 Å². The Morgan fingerprint density at radius 2 is 2.20 bits per heavy atom. The molecule has 0 fully saturated rings. The maximum absolute atomic E-state index is 11.4. The van der Waals surface area contributed by atoms with Gasteiger partial charge in [-0.15, -0.1) is 5.10 Å². The lowest BCUT2D eigenvalue weighted by Crippen LogP contribution is -2.05. The minimum atomic E-state index is -0.523. The molecule has 1 aromatic carbocycles. The summed E-state index contributed by atoms with van der Waals surface area (Å²) in [4.78, 5) is 22.5. The monoisotopic (exact) mass is 341 g/mol. The molecule has 1 N–H and O–H groups in total. The van der Waals surface area contributed by atoms with E-state index in [4.69, 9.17) is 14.3 Å². The smallest absolute Gasteiger partial charge is 0.226 e. The lowest BCUT2D eigenvalue weighted by Gasteiger charge is -2.07. The van der Waals surface area contributed by atoms with Crippen LogP contribution in [0, 0.1) is 6.92 Å². The van der Waals surface area contributed by atoms with Crippen molar-refractivity contribution in [2.24, 2.45) is 0 Å². The molecular weight excluding hydrogens is 326 g/mol. The van der Waals surface area contributed by atoms with Crippen LogP contribution in [0.1, 0.15) is 27.4 Å². The van der Waals surface area contributed by atoms with E-state index in [1.54, 1.807) is 18.3 Å². The maximum atomic E-state index is 11.4. The Morgan fingerprint density at radius 3 is 2.96 bits per heavy atom. The van der Waals surface area contributed by atoms with Crippen molar-refractivity contribution >= 4 is 6.29 Å². The number of aldehydes is 1. The number of carbonyl (C=O) groups is 1. The van der Waals surface area contributed by atoms with Gasteiger partial charge in [-0.3, -0.25) is 9.59 Å². The highest BCUT2D eigenvalue weighted by Crippen LogP contribution is 2.19. The molecule has 0 unspecified atom stereocenters. The number of ether oxygens (including phenoxy) is 1. The Hall–Kier alpha value is -3.42. The number of rotatable bonds is 6. The van der Waals surface area contributed by atoms with E-state index in [1.807, 2.05) is 13.0 Å². The molecule has 0 saturated carbocycles. The second-order valence-electron chi connectivity index (χ2n) is 5.45. The largest absolute Gasteiger partial charge is 0.502 e. The van der Waals surface area contributed by atoms with Crippen LogP contribution < -0.4 is 10.2 Å². The van der Waals surface area contributed by atoms with Gasteiger partial charge in [0.1, 0.15) is 36.6 Å². The molecule has 8 nitrogen and oxygen atoms in total. The van der Waals surface area contributed by atoms with Crippen molar-refractivity contribution in [1.82, 2.24) is 15.0 Å². The van der Waals surface area contributed by atoms with Crippen molar-refractivity contribution < 1.29 is 19.1 Å². The summed E-state index contributed by atoms with van der Waals surface area (Å²) in [6, 6.07) is 6.52. The van der Waals surface area contributed by atoms with Gasteiger partial charge in [-0.25, -0.2) is 4.68 Å². The fourth-order valence-electron chi connectivity index (χ4n) is 2.21. The van der Waals surface area contributed by atoms with E-state index >= 15 is 0 Å². The Morgan fingerprint density at radius 1 is 1.36 bits per heavy atom. The molecular formula is C17H15N3O5. The summed E-state index contributed by atoms with van der Waals surface area (Å²) in [6.45, 7) is 2.22. The van der Waals surface area contributed by atoms with Crippen LogP contribution in [0.2, 0.25) is 0 Å². The molecule has 0 aliphatic rings. The molecule has 0 radical (unpaired) electrons. The summed E-state index contributed by atoms with van der Waals surface area (Å²) in [7, 11) is 0. The third-order valence-corrected chi connectivity index (χ3v) is 3.44. The number of nitrogens with zero attached hydrogens (tertiary/aromatic N) is 3. The molecule has 0 atom stereocenters. The van der Waals surface area contributed by atoms with Crippen molar-refractivity contribution in [3.63, 3.8) is 0 Å². The van der Waals surface area contributed by atoms with Crippen LogP contribution in [-0.4, -0.2) is 26.4 Å². The van der Waals surface area contributed by atoms with Gasteiger partial charge in [-0.05, 0) is 19.1 Å². The predicted octanol–water partition coefficient (Wildman–Crippen LogP) is 1.69. The highest BCUT2D eigenvalue weighted by Gasteiger charge is 2.08. The topological polar surface area (TPSA) is 107 Å². The van der Waals surface area contributed by atoms with Gasteiger partial charge in [-0.2, -0.15) is 0 Å². The number of hydrogen-bond donors (Lipinski definition) is 1. The van der Waals surface area contributed by atoms with Gasteiger partial charge in [-0.1, -0.05) is 16.8 Å². The molecule has 0 aliphatic heterocycles. The fraction of sp³-hybridized carbons (Fsp3) is 0.176. The van der Waals surface area contributed by atoms with Crippen LogP contribution in [0.25, 0.3) is 0 Å². The average Bonchev–Trinajstić information content (AvgIpc) is 3.04. The van der Waals surface area contributed by atoms with Crippen molar-refractivity contribution in [1.29, 1.82) is 0 Å². The predicted molar refractivity (Wildman–Crippen MR) is 86.7 cm³/mol. The van der Waals surface area contributed by atoms with E-state index in [1.165, 1.54) is 10.7 Å². The summed E-state index contributed by atoms with van der Waals surface area (Å²) < 4.78 is 12.2. The van der Waals surface area contributed by atoms with Gasteiger partial charge in [0.25, 0.3) is 0 Å². The van der Waals surface area contributed by atoms with E-state index in [0.717, 1.165) is 18.1 Å². The lowest BCUT2D eigenvalue weighted by molar-refractivity contribution is 0.111. The Labute approximate surface area is 142 Å². The summed E-state index contributed by atoms with van der Waals surface area (Å²) in [5.41, 5.74) is 1.47. The molecule has 0 spiro atoms. The maximum Gasteiger partial charge on any atom is 0.226 e. The van der Waals surface area contributed by atoms with E-state index in [2.05, 4.69) is 10.3 Å². The Bertz CT molecular complexity index is 961. The van der Waals surface area contributed by atoms with Crippen LogP contribution in [0.5, 0.6) is 11.5 Å². The summed E-state index contributed by atoms with van der Waals surface area (Å²) in [5.74, 6) is 0.363. The standard InChI is InChI=1S/C17H15N3O5/c1-11-2-3-17(12(4-11)8-21)25-9-13-6-20(19-18-13)7-14-5-15(22)16(23)10-24-14/h2-6,8,10,23H,7,9H2,1H3. The van der Waals surface area contributed by atoms with Crippen LogP contribution in [0.3, 0.4) is 0 Å². The summed E-state index contributed by atoms with van der Waals surface area (Å²) in [5, 5.41) is 17.1. The number of aromatic hydroxyl groups is 1. The molecule has 2 heterocycles. The average molecular weight is 341 g/mol. The third kappa shape index (κ3) is 3.92. The number of aromatic nitrogens is 3. The zero-order chi connectivity index (χ0) is 17.8. The SMILES string of the molecule is Cc1ccc(OCc2cn(Cc3cc(=O)c(O)co3)nn2)c(C=O)c1. The molecule has 0 bridgehead atoms. The fourth-order valence-corrected chi connectivity index (χ4v) is 2.21. The van der Waals surface area contributed by atoms with Crippen molar-refractivity contribution in [3.8, 4) is 11.5 Å². The lowest BCUT2D eigenvalue weighted by atomic mass is 10.1. The molecule has 128 valence electrons. The van der Waals surface area contributed by atoms with Gasteiger partial charge in [0.15, 0.2) is 12.0 Å². The Balaban J connectivity index is 1.66. The number of carbonyl (C=O) groups excluding carboxylic acids is 1. The Kier molecular flexibility index (Phi) is 4.60. The molecule has 8 heteroatoms. The summed E-state index contributed by atoms with van der Waals surface area (Å²) in [6.07, 6.45) is 3.37. The number of benzene rings is 1. The first-order chi connectivity index (χ1) is 12.0. The zero-order valence-corrected chi connectivity index (χ0v) is 13.4. The third-order valence-electron chi connectivity index (χ3n) is 3.44. The first kappa shape index (κ1) is 16.4. The normalized spacial score (nSPS) is 10.6. The molecule has 0 amide bonds. The van der Waals surface area contributed by atoms with Crippen LogP contribution in [0.4, 0.5) is 0 Å². The quantitative estimate of drug-likeness (QED) is 0.680. The van der Waals surface area contributed by atoms with Crippen LogP contribution in [-0.2, 0) is 13.2 Å². The molecule has 0 saturated heterocycles. The van der Waals surface area contributed by atoms with E-state index in [9.17, 15) is 9.59 Å². The molecule has 3 rings (SSSR count). The molecule has 0 aliphatic carbocycles. The zero-order valence-electron chi connectivity index (χ0n) is 13.4. The minimum Gasteiger partial charge on any atom is -0.502 e. The van der Waals surface area contributed by atoms with E-state index < -0.39 is 11.2 Å². The van der Waals surface area contributed by atoms with Crippen LogP contribution >= 0.6 is 0 Å². The highest BCUT2D eigenvalue weighted by molar-refractivity contribution is 5.79. The molecule has 2 aromatic heterocycles. The van der Waals surface area contributed by atoms with Gasteiger partial charge in [0.05, 0.1) is 11.8 Å². The van der Waals surface area contributed by atoms with Gasteiger partial charge >= 0.3 is 0 Å². The molecule has 25 heavy (non-hydrogen) atoms. The van der Waals surface area contributed by atoms with E-state index in [0.29, 0.717) is 22.8 Å². The second-order valence-corrected chi connectivity index (χ2v) is 5.45.